The maximum Gasteiger partial charge on any atom is 0.0547 e. The number of nitrogens with one attached hydrogen (secondary N) is 1. The lowest BCUT2D eigenvalue weighted by molar-refractivity contribution is 0.553. The normalized spacial score (nSPS) is 20.6. The van der Waals surface area contributed by atoms with Crippen molar-refractivity contribution in [2.45, 2.75) is 51.5 Å². The Morgan fingerprint density at radius 1 is 1.15 bits per heavy atom. The zero-order valence-corrected chi connectivity index (χ0v) is 15.3. The standard InChI is InChI=1S/C17H23Br2N/c1-2-20-17(13-8-6-4-3-5-7-9-13)15-11-10-14(18)12-16(15)19/h8,10-12,17,20H,2-7,9H2,1H3/b13-8+. The summed E-state index contributed by atoms with van der Waals surface area (Å²) >= 11 is 7.26. The van der Waals surface area contributed by atoms with Crippen LogP contribution in [-0.2, 0) is 0 Å². The molecule has 2 rings (SSSR count). The third-order valence-corrected chi connectivity index (χ3v) is 5.06. The second kappa shape index (κ2) is 8.35. The maximum atomic E-state index is 3.72. The minimum atomic E-state index is 0.348. The van der Waals surface area contributed by atoms with E-state index in [0.717, 1.165) is 11.0 Å². The van der Waals surface area contributed by atoms with Gasteiger partial charge in [-0.15, -0.1) is 0 Å². The second-order valence-corrected chi connectivity index (χ2v) is 7.16. The summed E-state index contributed by atoms with van der Waals surface area (Å²) in [5.41, 5.74) is 2.91. The highest BCUT2D eigenvalue weighted by atomic mass is 79.9. The summed E-state index contributed by atoms with van der Waals surface area (Å²) in [4.78, 5) is 0. The van der Waals surface area contributed by atoms with Crippen LogP contribution in [-0.4, -0.2) is 6.54 Å². The summed E-state index contributed by atoms with van der Waals surface area (Å²) in [5.74, 6) is 0. The molecule has 110 valence electrons. The molecule has 1 nitrogen and oxygen atoms in total. The van der Waals surface area contributed by atoms with Crippen molar-refractivity contribution in [3.63, 3.8) is 0 Å². The van der Waals surface area contributed by atoms with Crippen LogP contribution in [0, 0.1) is 0 Å². The summed E-state index contributed by atoms with van der Waals surface area (Å²) < 4.78 is 2.30. The number of halogens is 2. The van der Waals surface area contributed by atoms with Crippen LogP contribution >= 0.6 is 31.9 Å². The van der Waals surface area contributed by atoms with Gasteiger partial charge < -0.3 is 5.32 Å². The Bertz CT molecular complexity index is 468. The molecule has 0 bridgehead atoms. The topological polar surface area (TPSA) is 12.0 Å². The molecule has 0 aromatic heterocycles. The van der Waals surface area contributed by atoms with Crippen molar-refractivity contribution < 1.29 is 0 Å². The van der Waals surface area contributed by atoms with E-state index in [0.29, 0.717) is 6.04 Å². The molecule has 20 heavy (non-hydrogen) atoms. The van der Waals surface area contributed by atoms with E-state index in [1.807, 2.05) is 0 Å². The van der Waals surface area contributed by atoms with Crippen molar-refractivity contribution >= 4 is 31.9 Å². The first kappa shape index (κ1) is 16.3. The summed E-state index contributed by atoms with van der Waals surface area (Å²) in [7, 11) is 0. The van der Waals surface area contributed by atoms with Gasteiger partial charge in [0.25, 0.3) is 0 Å². The van der Waals surface area contributed by atoms with Gasteiger partial charge in [0.2, 0.25) is 0 Å². The van der Waals surface area contributed by atoms with E-state index in [2.05, 4.69) is 68.4 Å². The fraction of sp³-hybridized carbons (Fsp3) is 0.529. The van der Waals surface area contributed by atoms with Crippen molar-refractivity contribution in [2.75, 3.05) is 6.54 Å². The van der Waals surface area contributed by atoms with Crippen LogP contribution in [0.2, 0.25) is 0 Å². The molecule has 0 radical (unpaired) electrons. The van der Waals surface area contributed by atoms with E-state index in [4.69, 9.17) is 0 Å². The van der Waals surface area contributed by atoms with E-state index < -0.39 is 0 Å². The maximum absolute atomic E-state index is 3.72. The molecule has 0 saturated carbocycles. The van der Waals surface area contributed by atoms with Crippen molar-refractivity contribution in [1.29, 1.82) is 0 Å². The lowest BCUT2D eigenvalue weighted by Crippen LogP contribution is -2.23. The van der Waals surface area contributed by atoms with E-state index in [9.17, 15) is 0 Å². The van der Waals surface area contributed by atoms with Gasteiger partial charge in [-0.1, -0.05) is 69.3 Å². The van der Waals surface area contributed by atoms with Gasteiger partial charge in [0, 0.05) is 8.95 Å². The molecule has 0 heterocycles. The molecule has 0 aliphatic heterocycles. The molecule has 1 atom stereocenters. The van der Waals surface area contributed by atoms with Crippen LogP contribution < -0.4 is 5.32 Å². The molecule has 1 aromatic rings. The fourth-order valence-electron chi connectivity index (χ4n) is 2.86. The van der Waals surface area contributed by atoms with Crippen LogP contribution in [0.3, 0.4) is 0 Å². The summed E-state index contributed by atoms with van der Waals surface area (Å²) in [6, 6.07) is 6.85. The smallest absolute Gasteiger partial charge is 0.0547 e. The quantitative estimate of drug-likeness (QED) is 0.598. The van der Waals surface area contributed by atoms with Crippen LogP contribution in [0.5, 0.6) is 0 Å². The Morgan fingerprint density at radius 2 is 1.95 bits per heavy atom. The minimum Gasteiger partial charge on any atom is -0.307 e. The van der Waals surface area contributed by atoms with Crippen LogP contribution in [0.1, 0.15) is 57.1 Å². The molecular weight excluding hydrogens is 378 g/mol. The van der Waals surface area contributed by atoms with Gasteiger partial charge in [-0.2, -0.15) is 0 Å². The minimum absolute atomic E-state index is 0.348. The van der Waals surface area contributed by atoms with Crippen LogP contribution in [0.25, 0.3) is 0 Å². The molecule has 1 unspecified atom stereocenters. The average Bonchev–Trinajstić information content (AvgIpc) is 2.37. The van der Waals surface area contributed by atoms with Gasteiger partial charge in [0.1, 0.15) is 0 Å². The van der Waals surface area contributed by atoms with Gasteiger partial charge >= 0.3 is 0 Å². The Labute approximate surface area is 139 Å². The van der Waals surface area contributed by atoms with E-state index in [1.54, 1.807) is 5.57 Å². The molecule has 1 N–H and O–H groups in total. The lowest BCUT2D eigenvalue weighted by Gasteiger charge is -2.24. The van der Waals surface area contributed by atoms with Crippen LogP contribution in [0.15, 0.2) is 38.8 Å². The Kier molecular flexibility index (Phi) is 6.79. The van der Waals surface area contributed by atoms with Gasteiger partial charge in [-0.25, -0.2) is 0 Å². The first-order valence-electron chi connectivity index (χ1n) is 7.59. The van der Waals surface area contributed by atoms with Crippen molar-refractivity contribution in [2.24, 2.45) is 0 Å². The van der Waals surface area contributed by atoms with Crippen LogP contribution in [0.4, 0.5) is 0 Å². The first-order valence-corrected chi connectivity index (χ1v) is 9.18. The number of likely N-dealkylation sites (N-methyl/N-ethyl adjacent to an activating group) is 1. The molecule has 0 amide bonds. The molecule has 1 aliphatic carbocycles. The van der Waals surface area contributed by atoms with Crippen molar-refractivity contribution in [3.8, 4) is 0 Å². The number of hydrogen-bond acceptors (Lipinski definition) is 1. The van der Waals surface area contributed by atoms with Gasteiger partial charge in [-0.3, -0.25) is 0 Å². The second-order valence-electron chi connectivity index (χ2n) is 5.39. The summed E-state index contributed by atoms with van der Waals surface area (Å²) in [6.07, 6.45) is 10.3. The molecule has 0 saturated heterocycles. The molecule has 3 heteroatoms. The average molecular weight is 401 g/mol. The highest BCUT2D eigenvalue weighted by molar-refractivity contribution is 9.11. The molecule has 0 spiro atoms. The predicted octanol–water partition coefficient (Wildman–Crippen LogP) is 6.14. The van der Waals surface area contributed by atoms with Crippen molar-refractivity contribution in [3.05, 3.63) is 44.4 Å². The van der Waals surface area contributed by atoms with E-state index in [1.165, 1.54) is 48.6 Å². The Hall–Kier alpha value is -0.120. The highest BCUT2D eigenvalue weighted by Crippen LogP contribution is 2.34. The fourth-order valence-corrected chi connectivity index (χ4v) is 4.14. The number of rotatable bonds is 4. The van der Waals surface area contributed by atoms with Gasteiger partial charge in [-0.05, 0) is 49.9 Å². The molecular formula is C17H23Br2N. The molecule has 0 fully saturated rings. The Morgan fingerprint density at radius 3 is 2.70 bits per heavy atom. The predicted molar refractivity (Wildman–Crippen MR) is 94.0 cm³/mol. The number of benzene rings is 1. The SMILES string of the molecule is CCNC(/C1=C/CCCCCC1)c1ccc(Br)cc1Br. The molecule has 1 aromatic carbocycles. The third-order valence-electron chi connectivity index (χ3n) is 3.88. The molecule has 1 aliphatic rings. The van der Waals surface area contributed by atoms with Crippen molar-refractivity contribution in [1.82, 2.24) is 5.32 Å². The zero-order valence-electron chi connectivity index (χ0n) is 12.1. The lowest BCUT2D eigenvalue weighted by atomic mass is 9.91. The third kappa shape index (κ3) is 4.44. The van der Waals surface area contributed by atoms with E-state index >= 15 is 0 Å². The zero-order chi connectivity index (χ0) is 14.4. The number of hydrogen-bond donors (Lipinski definition) is 1. The summed E-state index contributed by atoms with van der Waals surface area (Å²) in [6.45, 7) is 3.17. The Balaban J connectivity index is 2.29. The van der Waals surface area contributed by atoms with Gasteiger partial charge in [0.05, 0.1) is 6.04 Å². The summed E-state index contributed by atoms with van der Waals surface area (Å²) in [5, 5.41) is 3.66. The van der Waals surface area contributed by atoms with Gasteiger partial charge in [0.15, 0.2) is 0 Å². The highest BCUT2D eigenvalue weighted by Gasteiger charge is 2.18. The monoisotopic (exact) mass is 399 g/mol. The number of allylic oxidation sites excluding steroid dienone is 1. The first-order chi connectivity index (χ1) is 9.72. The largest absolute Gasteiger partial charge is 0.307 e. The van der Waals surface area contributed by atoms with E-state index in [-0.39, 0.29) is 0 Å².